The summed E-state index contributed by atoms with van der Waals surface area (Å²) in [6, 6.07) is 3.74. The molecular formula is C9H8F3N3OS. The molecule has 0 heterocycles. The molecule has 0 unspecified atom stereocenters. The fraction of sp³-hybridized carbons (Fsp3) is 0.111. The summed E-state index contributed by atoms with van der Waals surface area (Å²) in [7, 11) is 0. The van der Waals surface area contributed by atoms with Crippen molar-refractivity contribution in [2.75, 3.05) is 0 Å². The van der Waals surface area contributed by atoms with Crippen LogP contribution in [-0.4, -0.2) is 11.0 Å². The Morgan fingerprint density at radius 1 is 1.18 bits per heavy atom. The van der Waals surface area contributed by atoms with Crippen LogP contribution < -0.4 is 16.6 Å². The number of hydrogen-bond acceptors (Lipinski definition) is 2. The van der Waals surface area contributed by atoms with Crippen molar-refractivity contribution in [3.63, 3.8) is 0 Å². The number of rotatable bonds is 1. The van der Waals surface area contributed by atoms with Crippen LogP contribution >= 0.6 is 12.2 Å². The van der Waals surface area contributed by atoms with Crippen LogP contribution in [0.25, 0.3) is 0 Å². The lowest BCUT2D eigenvalue weighted by molar-refractivity contribution is -0.137. The first-order valence-electron chi connectivity index (χ1n) is 4.34. The van der Waals surface area contributed by atoms with Gasteiger partial charge in [0.05, 0.1) is 5.56 Å². The molecule has 0 aliphatic heterocycles. The van der Waals surface area contributed by atoms with E-state index in [1.165, 1.54) is 0 Å². The van der Waals surface area contributed by atoms with Crippen molar-refractivity contribution in [2.45, 2.75) is 6.18 Å². The second-order valence-electron chi connectivity index (χ2n) is 3.02. The number of halogens is 3. The number of nitrogens with two attached hydrogens (primary N) is 1. The van der Waals surface area contributed by atoms with Crippen molar-refractivity contribution < 1.29 is 18.0 Å². The number of benzene rings is 1. The third-order valence-corrected chi connectivity index (χ3v) is 1.88. The Hall–Kier alpha value is -1.83. The van der Waals surface area contributed by atoms with E-state index in [2.05, 4.69) is 23.1 Å². The normalized spacial score (nSPS) is 10.8. The van der Waals surface area contributed by atoms with Crippen molar-refractivity contribution in [3.8, 4) is 0 Å². The summed E-state index contributed by atoms with van der Waals surface area (Å²) >= 11 is 4.44. The second-order valence-corrected chi connectivity index (χ2v) is 3.46. The monoisotopic (exact) mass is 263 g/mol. The summed E-state index contributed by atoms with van der Waals surface area (Å²) < 4.78 is 36.7. The zero-order chi connectivity index (χ0) is 13.1. The van der Waals surface area contributed by atoms with Crippen molar-refractivity contribution >= 4 is 23.2 Å². The van der Waals surface area contributed by atoms with E-state index in [9.17, 15) is 18.0 Å². The number of carbonyl (C=O) groups excluding carboxylic acids is 1. The number of carbonyl (C=O) groups is 1. The number of hydrogen-bond donors (Lipinski definition) is 3. The largest absolute Gasteiger partial charge is 0.416 e. The molecule has 8 heteroatoms. The van der Waals surface area contributed by atoms with Crippen molar-refractivity contribution in [3.05, 3.63) is 35.4 Å². The number of nitrogens with one attached hydrogen (secondary N) is 2. The Labute approximate surface area is 100.0 Å². The standard InChI is InChI=1S/C9H8F3N3OS/c10-9(11,12)6-3-1-5(2-4-6)7(16)14-15-8(13)17/h1-4H,(H,14,16)(H3,13,15,17). The summed E-state index contributed by atoms with van der Waals surface area (Å²) in [6.07, 6.45) is -4.42. The molecule has 92 valence electrons. The van der Waals surface area contributed by atoms with E-state index in [0.29, 0.717) is 0 Å². The lowest BCUT2D eigenvalue weighted by Crippen LogP contribution is -2.44. The fourth-order valence-electron chi connectivity index (χ4n) is 1.00. The van der Waals surface area contributed by atoms with Crippen LogP contribution in [-0.2, 0) is 6.18 Å². The quantitative estimate of drug-likeness (QED) is 0.526. The van der Waals surface area contributed by atoms with Crippen molar-refractivity contribution in [1.29, 1.82) is 0 Å². The molecule has 4 N–H and O–H groups in total. The first kappa shape index (κ1) is 13.2. The number of amides is 1. The first-order chi connectivity index (χ1) is 7.80. The average molecular weight is 263 g/mol. The molecule has 0 saturated heterocycles. The molecule has 1 aromatic rings. The lowest BCUT2D eigenvalue weighted by atomic mass is 10.1. The van der Waals surface area contributed by atoms with E-state index < -0.39 is 17.6 Å². The van der Waals surface area contributed by atoms with Gasteiger partial charge in [-0.2, -0.15) is 13.2 Å². The van der Waals surface area contributed by atoms with Crippen LogP contribution in [0.4, 0.5) is 13.2 Å². The van der Waals surface area contributed by atoms with E-state index in [4.69, 9.17) is 5.73 Å². The van der Waals surface area contributed by atoms with Gasteiger partial charge >= 0.3 is 6.18 Å². The van der Waals surface area contributed by atoms with Gasteiger partial charge in [0.15, 0.2) is 5.11 Å². The highest BCUT2D eigenvalue weighted by Gasteiger charge is 2.30. The van der Waals surface area contributed by atoms with E-state index in [1.54, 1.807) is 0 Å². The van der Waals surface area contributed by atoms with Crippen LogP contribution in [0.3, 0.4) is 0 Å². The molecule has 1 amide bonds. The Morgan fingerprint density at radius 3 is 2.12 bits per heavy atom. The van der Waals surface area contributed by atoms with Crippen LogP contribution in [0.2, 0.25) is 0 Å². The Bertz CT molecular complexity index is 430. The topological polar surface area (TPSA) is 67.2 Å². The average Bonchev–Trinajstić information content (AvgIpc) is 2.25. The molecule has 0 aliphatic carbocycles. The molecule has 1 rings (SSSR count). The minimum Gasteiger partial charge on any atom is -0.375 e. The first-order valence-corrected chi connectivity index (χ1v) is 4.74. The maximum atomic E-state index is 12.2. The molecule has 0 spiro atoms. The van der Waals surface area contributed by atoms with Gasteiger partial charge in [-0.3, -0.25) is 15.6 Å². The van der Waals surface area contributed by atoms with Gasteiger partial charge in [-0.05, 0) is 36.5 Å². The lowest BCUT2D eigenvalue weighted by Gasteiger charge is -2.08. The van der Waals surface area contributed by atoms with E-state index >= 15 is 0 Å². The summed E-state index contributed by atoms with van der Waals surface area (Å²) in [5, 5.41) is -0.148. The van der Waals surface area contributed by atoms with Crippen LogP contribution in [0.15, 0.2) is 24.3 Å². The Balaban J connectivity index is 2.74. The highest BCUT2D eigenvalue weighted by Crippen LogP contribution is 2.28. The van der Waals surface area contributed by atoms with Crippen LogP contribution in [0.5, 0.6) is 0 Å². The summed E-state index contributed by atoms with van der Waals surface area (Å²) in [6.45, 7) is 0. The van der Waals surface area contributed by atoms with Crippen molar-refractivity contribution in [1.82, 2.24) is 10.9 Å². The molecule has 17 heavy (non-hydrogen) atoms. The van der Waals surface area contributed by atoms with Gasteiger partial charge < -0.3 is 5.73 Å². The smallest absolute Gasteiger partial charge is 0.375 e. The minimum atomic E-state index is -4.42. The number of hydrazine groups is 1. The number of alkyl halides is 3. The molecule has 0 radical (unpaired) electrons. The highest BCUT2D eigenvalue weighted by atomic mass is 32.1. The van der Waals surface area contributed by atoms with E-state index in [-0.39, 0.29) is 10.7 Å². The van der Waals surface area contributed by atoms with Gasteiger partial charge in [0.1, 0.15) is 0 Å². The summed E-state index contributed by atoms with van der Waals surface area (Å²) in [5.41, 5.74) is 8.59. The van der Waals surface area contributed by atoms with E-state index in [1.807, 2.05) is 0 Å². The number of thiocarbonyl (C=S) groups is 1. The molecule has 1 aromatic carbocycles. The minimum absolute atomic E-state index is 0.0572. The molecule has 4 nitrogen and oxygen atoms in total. The summed E-state index contributed by atoms with van der Waals surface area (Å²) in [5.74, 6) is -0.633. The maximum Gasteiger partial charge on any atom is 0.416 e. The predicted octanol–water partition coefficient (Wildman–Crippen LogP) is 1.18. The Kier molecular flexibility index (Phi) is 3.89. The van der Waals surface area contributed by atoms with Gasteiger partial charge in [-0.15, -0.1) is 0 Å². The predicted molar refractivity (Wildman–Crippen MR) is 58.8 cm³/mol. The van der Waals surface area contributed by atoms with Gasteiger partial charge in [-0.25, -0.2) is 0 Å². The molecule has 0 aromatic heterocycles. The van der Waals surface area contributed by atoms with Crippen LogP contribution in [0, 0.1) is 0 Å². The summed E-state index contributed by atoms with van der Waals surface area (Å²) in [4.78, 5) is 11.3. The zero-order valence-corrected chi connectivity index (χ0v) is 9.15. The molecule has 0 saturated carbocycles. The zero-order valence-electron chi connectivity index (χ0n) is 8.34. The van der Waals surface area contributed by atoms with Gasteiger partial charge in [0, 0.05) is 5.56 Å². The van der Waals surface area contributed by atoms with E-state index in [0.717, 1.165) is 24.3 Å². The second kappa shape index (κ2) is 5.00. The van der Waals surface area contributed by atoms with Gasteiger partial charge in [0.25, 0.3) is 5.91 Å². The van der Waals surface area contributed by atoms with Crippen molar-refractivity contribution in [2.24, 2.45) is 5.73 Å². The molecular weight excluding hydrogens is 255 g/mol. The highest BCUT2D eigenvalue weighted by molar-refractivity contribution is 7.80. The van der Waals surface area contributed by atoms with Crippen LogP contribution in [0.1, 0.15) is 15.9 Å². The molecule has 0 atom stereocenters. The molecule has 0 fully saturated rings. The molecule has 0 aliphatic rings. The van der Waals surface area contributed by atoms with Gasteiger partial charge in [0.2, 0.25) is 0 Å². The third kappa shape index (κ3) is 3.91. The maximum absolute atomic E-state index is 12.2. The molecule has 0 bridgehead atoms. The SMILES string of the molecule is NC(=S)NNC(=O)c1ccc(C(F)(F)F)cc1. The Morgan fingerprint density at radius 2 is 1.71 bits per heavy atom. The third-order valence-electron chi connectivity index (χ3n) is 1.77. The fourth-order valence-corrected chi connectivity index (χ4v) is 1.05. The van der Waals surface area contributed by atoms with Gasteiger partial charge in [-0.1, -0.05) is 0 Å².